The zero-order valence-electron chi connectivity index (χ0n) is 11.7. The molecule has 21 heavy (non-hydrogen) atoms. The van der Waals surface area contributed by atoms with Crippen molar-refractivity contribution in [2.24, 2.45) is 0 Å². The van der Waals surface area contributed by atoms with Gasteiger partial charge in [-0.2, -0.15) is 0 Å². The molecule has 0 atom stereocenters. The molecule has 0 aliphatic rings. The van der Waals surface area contributed by atoms with Crippen molar-refractivity contribution in [1.29, 1.82) is 0 Å². The molecule has 0 spiro atoms. The van der Waals surface area contributed by atoms with Gasteiger partial charge in [-0.3, -0.25) is 0 Å². The molecule has 0 saturated heterocycles. The first-order valence-electron chi connectivity index (χ1n) is 6.43. The van der Waals surface area contributed by atoms with Crippen molar-refractivity contribution in [1.82, 2.24) is 0 Å². The van der Waals surface area contributed by atoms with Gasteiger partial charge in [-0.25, -0.2) is 0 Å². The predicted octanol–water partition coefficient (Wildman–Crippen LogP) is 3.27. The molecule has 2 nitrogen and oxygen atoms in total. The third-order valence-corrected chi connectivity index (χ3v) is 11.6. The van der Waals surface area contributed by atoms with E-state index in [1.165, 1.54) is 8.79 Å². The Kier molecular flexibility index (Phi) is 4.92. The predicted molar refractivity (Wildman–Crippen MR) is 90.0 cm³/mol. The number of halogens is 2. The van der Waals surface area contributed by atoms with Gasteiger partial charge in [0.05, 0.1) is 0 Å². The Labute approximate surface area is 136 Å². The molecule has 108 valence electrons. The molecule has 0 radical (unpaired) electrons. The van der Waals surface area contributed by atoms with Crippen LogP contribution in [-0.2, 0) is 0 Å². The maximum absolute atomic E-state index is 11.1. The van der Waals surface area contributed by atoms with Gasteiger partial charge in [-0.1, -0.05) is 0 Å². The van der Waals surface area contributed by atoms with E-state index in [0.29, 0.717) is 11.1 Å². The second-order valence-corrected chi connectivity index (χ2v) is 15.3. The topological polar surface area (TPSA) is 34.1 Å². The van der Waals surface area contributed by atoms with Crippen molar-refractivity contribution in [3.05, 3.63) is 59.7 Å². The average molecular weight is 382 g/mol. The zero-order valence-corrected chi connectivity index (χ0v) is 15.3. The fourth-order valence-corrected chi connectivity index (χ4v) is 7.35. The Morgan fingerprint density at radius 2 is 1.00 bits per heavy atom. The van der Waals surface area contributed by atoms with Gasteiger partial charge in [-0.15, -0.1) is 0 Å². The second-order valence-electron chi connectivity index (χ2n) is 5.33. The van der Waals surface area contributed by atoms with E-state index in [-0.39, 0.29) is 0 Å². The Morgan fingerprint density at radius 3 is 1.24 bits per heavy atom. The van der Waals surface area contributed by atoms with E-state index >= 15 is 0 Å². The molecule has 0 unspecified atom stereocenters. The summed E-state index contributed by atoms with van der Waals surface area (Å²) in [5.74, 6) is 4.52. The average Bonchev–Trinajstić information content (AvgIpc) is 2.47. The van der Waals surface area contributed by atoms with Gasteiger partial charge in [0.1, 0.15) is 0 Å². The summed E-state index contributed by atoms with van der Waals surface area (Å²) in [6, 6.07) is 14.9. The first-order chi connectivity index (χ1) is 9.82. The summed E-state index contributed by atoms with van der Waals surface area (Å²) in [5, 5.41) is -0.895. The van der Waals surface area contributed by atoms with Crippen LogP contribution in [0.4, 0.5) is 0 Å². The Hall–Kier alpha value is -1.10. The van der Waals surface area contributed by atoms with E-state index in [1.807, 2.05) is 24.3 Å². The maximum atomic E-state index is 11.1. The molecule has 0 amide bonds. The minimum absolute atomic E-state index is 0.447. The summed E-state index contributed by atoms with van der Waals surface area (Å²) in [7, 11) is 0. The van der Waals surface area contributed by atoms with Crippen LogP contribution in [-0.4, -0.2) is 23.8 Å². The van der Waals surface area contributed by atoms with E-state index in [9.17, 15) is 9.59 Å². The Balaban J connectivity index is 2.36. The van der Waals surface area contributed by atoms with Gasteiger partial charge in [-0.05, 0) is 0 Å². The molecular formula is C16H14Cl2GeO2. The molecule has 5 heteroatoms. The van der Waals surface area contributed by atoms with E-state index in [4.69, 9.17) is 23.2 Å². The molecule has 0 saturated carbocycles. The van der Waals surface area contributed by atoms with Crippen LogP contribution < -0.4 is 8.79 Å². The van der Waals surface area contributed by atoms with Crippen LogP contribution in [0, 0.1) is 0 Å². The molecule has 0 heterocycles. The summed E-state index contributed by atoms with van der Waals surface area (Å²) in [5.41, 5.74) is 1.00. The van der Waals surface area contributed by atoms with Crippen molar-refractivity contribution in [3.8, 4) is 0 Å². The van der Waals surface area contributed by atoms with Gasteiger partial charge < -0.3 is 0 Å². The number of carbonyl (C=O) groups is 2. The van der Waals surface area contributed by atoms with E-state index in [1.54, 1.807) is 24.3 Å². The quantitative estimate of drug-likeness (QED) is 0.601. The van der Waals surface area contributed by atoms with Crippen LogP contribution in [0.15, 0.2) is 48.5 Å². The van der Waals surface area contributed by atoms with Gasteiger partial charge in [0.25, 0.3) is 0 Å². The standard InChI is InChI=1S/C16H14Cl2GeO2/c1-19(2,13-7-3-11(4-8-13)15(17)20)14-9-5-12(6-10-14)16(18)21/h3-10H,1-2H3. The summed E-state index contributed by atoms with van der Waals surface area (Å²) in [6.07, 6.45) is 0. The van der Waals surface area contributed by atoms with Crippen molar-refractivity contribution in [2.75, 3.05) is 0 Å². The molecule has 0 aromatic heterocycles. The summed E-state index contributed by atoms with van der Waals surface area (Å²) in [4.78, 5) is 22.2. The molecule has 0 N–H and O–H groups in total. The minimum atomic E-state index is -2.45. The number of hydrogen-bond donors (Lipinski definition) is 0. The summed E-state index contributed by atoms with van der Waals surface area (Å²) < 4.78 is 2.48. The van der Waals surface area contributed by atoms with E-state index in [0.717, 1.165) is 0 Å². The monoisotopic (exact) mass is 382 g/mol. The second kappa shape index (κ2) is 6.34. The Bertz CT molecular complexity index is 617. The van der Waals surface area contributed by atoms with Crippen LogP contribution in [0.2, 0.25) is 11.5 Å². The van der Waals surface area contributed by atoms with Gasteiger partial charge in [0.15, 0.2) is 0 Å². The molecular weight excluding hydrogens is 368 g/mol. The fraction of sp³-hybridized carbons (Fsp3) is 0.125. The number of hydrogen-bond acceptors (Lipinski definition) is 2. The number of benzene rings is 2. The van der Waals surface area contributed by atoms with Crippen LogP contribution in [0.1, 0.15) is 20.7 Å². The molecule has 0 bridgehead atoms. The van der Waals surface area contributed by atoms with Crippen LogP contribution >= 0.6 is 23.2 Å². The molecule has 2 rings (SSSR count). The fourth-order valence-electron chi connectivity index (χ4n) is 2.20. The first-order valence-corrected chi connectivity index (χ1v) is 13.5. The van der Waals surface area contributed by atoms with Crippen molar-refractivity contribution in [3.63, 3.8) is 0 Å². The van der Waals surface area contributed by atoms with Crippen molar-refractivity contribution in [2.45, 2.75) is 11.5 Å². The van der Waals surface area contributed by atoms with E-state index < -0.39 is 23.8 Å². The third-order valence-electron chi connectivity index (χ3n) is 3.67. The third kappa shape index (κ3) is 3.57. The summed E-state index contributed by atoms with van der Waals surface area (Å²) >= 11 is 8.49. The van der Waals surface area contributed by atoms with Gasteiger partial charge in [0, 0.05) is 0 Å². The van der Waals surface area contributed by atoms with Crippen LogP contribution in [0.5, 0.6) is 0 Å². The molecule has 0 fully saturated rings. The van der Waals surface area contributed by atoms with E-state index in [2.05, 4.69) is 11.5 Å². The Morgan fingerprint density at radius 1 is 0.714 bits per heavy atom. The van der Waals surface area contributed by atoms with Gasteiger partial charge >= 0.3 is 137 Å². The normalized spacial score (nSPS) is 11.2. The van der Waals surface area contributed by atoms with Crippen LogP contribution in [0.3, 0.4) is 0 Å². The van der Waals surface area contributed by atoms with Crippen molar-refractivity contribution >= 4 is 55.7 Å². The molecule has 2 aromatic carbocycles. The molecule has 0 aliphatic carbocycles. The number of carbonyl (C=O) groups excluding carboxylic acids is 2. The van der Waals surface area contributed by atoms with Gasteiger partial charge in [0.2, 0.25) is 0 Å². The molecule has 2 aromatic rings. The SMILES string of the molecule is [CH3][Ge]([CH3])([c]1ccc(C(=O)Cl)cc1)[c]1ccc(C(=O)Cl)cc1. The summed E-state index contributed by atoms with van der Waals surface area (Å²) in [6.45, 7) is 0. The van der Waals surface area contributed by atoms with Crippen molar-refractivity contribution < 1.29 is 9.59 Å². The number of rotatable bonds is 4. The zero-order chi connectivity index (χ0) is 15.6. The molecule has 0 aliphatic heterocycles. The van der Waals surface area contributed by atoms with Crippen LogP contribution in [0.25, 0.3) is 0 Å². The first kappa shape index (κ1) is 16.3.